The summed E-state index contributed by atoms with van der Waals surface area (Å²) in [7, 11) is 0. The van der Waals surface area contributed by atoms with E-state index in [-0.39, 0.29) is 30.3 Å². The fraction of sp³-hybridized carbons (Fsp3) is 0.312. The van der Waals surface area contributed by atoms with Gasteiger partial charge >= 0.3 is 0 Å². The number of aromatic nitrogens is 1. The van der Waals surface area contributed by atoms with Gasteiger partial charge in [0.05, 0.1) is 16.3 Å². The Balaban J connectivity index is 0.00000288. The van der Waals surface area contributed by atoms with E-state index in [0.717, 1.165) is 5.01 Å². The molecule has 1 aromatic heterocycles. The lowest BCUT2D eigenvalue weighted by molar-refractivity contribution is 0.0944. The highest BCUT2D eigenvalue weighted by molar-refractivity contribution is 7.09. The van der Waals surface area contributed by atoms with E-state index in [4.69, 9.17) is 5.73 Å². The zero-order valence-corrected chi connectivity index (χ0v) is 15.2. The number of nitrogens with one attached hydrogen (secondary N) is 2. The zero-order valence-electron chi connectivity index (χ0n) is 13.5. The molecule has 8 heteroatoms. The van der Waals surface area contributed by atoms with Crippen molar-refractivity contribution in [3.05, 3.63) is 45.9 Å². The molecule has 24 heavy (non-hydrogen) atoms. The molecule has 0 unspecified atom stereocenters. The molecule has 0 bridgehead atoms. The van der Waals surface area contributed by atoms with E-state index < -0.39 is 0 Å². The molecule has 1 heterocycles. The first-order chi connectivity index (χ1) is 11.0. The van der Waals surface area contributed by atoms with Crippen LogP contribution in [0.3, 0.4) is 0 Å². The van der Waals surface area contributed by atoms with Crippen molar-refractivity contribution >= 4 is 41.2 Å². The number of benzene rings is 1. The molecule has 2 amide bonds. The van der Waals surface area contributed by atoms with Crippen LogP contribution >= 0.6 is 23.7 Å². The lowest BCUT2D eigenvalue weighted by atomic mass is 10.1. The minimum absolute atomic E-state index is 0. The topological polar surface area (TPSA) is 97.1 Å². The van der Waals surface area contributed by atoms with Gasteiger partial charge in [0.2, 0.25) is 0 Å². The molecule has 2 aromatic rings. The Kier molecular flexibility index (Phi) is 7.84. The minimum atomic E-state index is -0.339. The van der Waals surface area contributed by atoms with Crippen molar-refractivity contribution in [2.75, 3.05) is 11.9 Å². The molecule has 0 aliphatic rings. The van der Waals surface area contributed by atoms with Gasteiger partial charge in [-0.3, -0.25) is 9.59 Å². The molecule has 6 nitrogen and oxygen atoms in total. The van der Waals surface area contributed by atoms with Gasteiger partial charge in [-0.25, -0.2) is 4.98 Å². The number of anilines is 1. The SMILES string of the molecule is CC(C)NC(=O)c1ccccc1NC(=O)c1csc(CCN)n1.Cl. The summed E-state index contributed by atoms with van der Waals surface area (Å²) >= 11 is 1.40. The van der Waals surface area contributed by atoms with Crippen molar-refractivity contribution in [1.29, 1.82) is 0 Å². The summed E-state index contributed by atoms with van der Waals surface area (Å²) in [6.07, 6.45) is 0.644. The predicted octanol–water partition coefficient (Wildman–Crippen LogP) is 2.46. The van der Waals surface area contributed by atoms with E-state index in [0.29, 0.717) is 29.9 Å². The largest absolute Gasteiger partial charge is 0.350 e. The highest BCUT2D eigenvalue weighted by Crippen LogP contribution is 2.17. The van der Waals surface area contributed by atoms with Gasteiger partial charge in [0.1, 0.15) is 5.69 Å². The summed E-state index contributed by atoms with van der Waals surface area (Å²) in [6, 6.07) is 6.91. The number of nitrogens with two attached hydrogens (primary N) is 1. The van der Waals surface area contributed by atoms with E-state index in [1.54, 1.807) is 29.6 Å². The average Bonchev–Trinajstić information content (AvgIpc) is 2.96. The Morgan fingerprint density at radius 3 is 2.62 bits per heavy atom. The van der Waals surface area contributed by atoms with Crippen LogP contribution in [0.4, 0.5) is 5.69 Å². The maximum atomic E-state index is 12.3. The standard InChI is InChI=1S/C16H20N4O2S.ClH/c1-10(2)18-15(21)11-5-3-4-6-12(11)20-16(22)13-9-23-14(19-13)7-8-17;/h3-6,9-10H,7-8,17H2,1-2H3,(H,18,21)(H,20,22);1H. The number of nitrogens with zero attached hydrogens (tertiary/aromatic N) is 1. The second-order valence-electron chi connectivity index (χ2n) is 5.29. The maximum Gasteiger partial charge on any atom is 0.275 e. The highest BCUT2D eigenvalue weighted by atomic mass is 35.5. The van der Waals surface area contributed by atoms with Gasteiger partial charge in [-0.2, -0.15) is 0 Å². The lowest BCUT2D eigenvalue weighted by Crippen LogP contribution is -2.31. The van der Waals surface area contributed by atoms with E-state index in [2.05, 4.69) is 15.6 Å². The normalized spacial score (nSPS) is 10.2. The molecule has 0 fully saturated rings. The van der Waals surface area contributed by atoms with Gasteiger partial charge in [-0.15, -0.1) is 23.7 Å². The summed E-state index contributed by atoms with van der Waals surface area (Å²) in [6.45, 7) is 4.26. The second kappa shape index (κ2) is 9.36. The third-order valence-corrected chi connectivity index (χ3v) is 3.89. The predicted molar refractivity (Wildman–Crippen MR) is 99.1 cm³/mol. The molecule has 0 aliphatic carbocycles. The van der Waals surface area contributed by atoms with E-state index in [1.165, 1.54) is 11.3 Å². The molecular weight excluding hydrogens is 348 g/mol. The maximum absolute atomic E-state index is 12.3. The molecule has 0 saturated carbocycles. The Hall–Kier alpha value is -1.96. The fourth-order valence-corrected chi connectivity index (χ4v) is 2.76. The van der Waals surface area contributed by atoms with Crippen LogP contribution in [0, 0.1) is 0 Å². The van der Waals surface area contributed by atoms with Crippen LogP contribution in [0.2, 0.25) is 0 Å². The van der Waals surface area contributed by atoms with Crippen molar-refractivity contribution in [2.24, 2.45) is 5.73 Å². The van der Waals surface area contributed by atoms with Crippen LogP contribution in [0.15, 0.2) is 29.6 Å². The van der Waals surface area contributed by atoms with E-state index in [1.807, 2.05) is 13.8 Å². The van der Waals surface area contributed by atoms with Gasteiger partial charge in [-0.05, 0) is 32.5 Å². The number of halogens is 1. The van der Waals surface area contributed by atoms with Crippen molar-refractivity contribution in [3.63, 3.8) is 0 Å². The van der Waals surface area contributed by atoms with Crippen LogP contribution in [0.5, 0.6) is 0 Å². The molecule has 4 N–H and O–H groups in total. The van der Waals surface area contributed by atoms with Crippen molar-refractivity contribution in [3.8, 4) is 0 Å². The number of hydrogen-bond donors (Lipinski definition) is 3. The van der Waals surface area contributed by atoms with Gasteiger partial charge < -0.3 is 16.4 Å². The van der Waals surface area contributed by atoms with Gasteiger partial charge in [0.25, 0.3) is 11.8 Å². The average molecular weight is 369 g/mol. The Morgan fingerprint density at radius 2 is 1.96 bits per heavy atom. The van der Waals surface area contributed by atoms with E-state index in [9.17, 15) is 9.59 Å². The van der Waals surface area contributed by atoms with Gasteiger partial charge in [0.15, 0.2) is 0 Å². The number of rotatable bonds is 6. The number of hydrogen-bond acceptors (Lipinski definition) is 5. The van der Waals surface area contributed by atoms with Gasteiger partial charge in [-0.1, -0.05) is 12.1 Å². The third-order valence-electron chi connectivity index (χ3n) is 2.98. The third kappa shape index (κ3) is 5.30. The molecular formula is C16H21ClN4O2S. The molecule has 0 radical (unpaired) electrons. The summed E-state index contributed by atoms with van der Waals surface area (Å²) < 4.78 is 0. The van der Waals surface area contributed by atoms with Crippen molar-refractivity contribution in [2.45, 2.75) is 26.3 Å². The first-order valence-electron chi connectivity index (χ1n) is 7.37. The number of para-hydroxylation sites is 1. The van der Waals surface area contributed by atoms with Crippen LogP contribution < -0.4 is 16.4 Å². The zero-order chi connectivity index (χ0) is 16.8. The Labute approximate surface area is 151 Å². The molecule has 1 aromatic carbocycles. The van der Waals surface area contributed by atoms with Gasteiger partial charge in [0, 0.05) is 17.8 Å². The molecule has 130 valence electrons. The first kappa shape index (κ1) is 20.1. The van der Waals surface area contributed by atoms with Crippen LogP contribution in [0.25, 0.3) is 0 Å². The number of amides is 2. The molecule has 2 rings (SSSR count). The monoisotopic (exact) mass is 368 g/mol. The summed E-state index contributed by atoms with van der Waals surface area (Å²) in [5.41, 5.74) is 6.70. The molecule has 0 saturated heterocycles. The summed E-state index contributed by atoms with van der Waals surface area (Å²) in [4.78, 5) is 28.7. The molecule has 0 atom stereocenters. The number of carbonyl (C=O) groups excluding carboxylic acids is 2. The Bertz CT molecular complexity index is 703. The van der Waals surface area contributed by atoms with Crippen LogP contribution in [-0.4, -0.2) is 29.4 Å². The smallest absolute Gasteiger partial charge is 0.275 e. The van der Waals surface area contributed by atoms with Crippen LogP contribution in [-0.2, 0) is 6.42 Å². The second-order valence-corrected chi connectivity index (χ2v) is 6.24. The molecule has 0 spiro atoms. The number of carbonyl (C=O) groups is 2. The number of thiazole rings is 1. The highest BCUT2D eigenvalue weighted by Gasteiger charge is 2.16. The Morgan fingerprint density at radius 1 is 1.25 bits per heavy atom. The fourth-order valence-electron chi connectivity index (χ4n) is 1.97. The quantitative estimate of drug-likeness (QED) is 0.729. The summed E-state index contributed by atoms with van der Waals surface area (Å²) in [5.74, 6) is -0.563. The summed E-state index contributed by atoms with van der Waals surface area (Å²) in [5, 5.41) is 8.08. The first-order valence-corrected chi connectivity index (χ1v) is 8.25. The van der Waals surface area contributed by atoms with Crippen molar-refractivity contribution in [1.82, 2.24) is 10.3 Å². The lowest BCUT2D eigenvalue weighted by Gasteiger charge is -2.12. The molecule has 0 aliphatic heterocycles. The van der Waals surface area contributed by atoms with Crippen molar-refractivity contribution < 1.29 is 9.59 Å². The van der Waals surface area contributed by atoms with E-state index >= 15 is 0 Å². The van der Waals surface area contributed by atoms with Crippen LogP contribution in [0.1, 0.15) is 39.7 Å². The minimum Gasteiger partial charge on any atom is -0.350 e.